The Morgan fingerprint density at radius 1 is 1.21 bits per heavy atom. The Morgan fingerprint density at radius 2 is 1.89 bits per heavy atom. The van der Waals surface area contributed by atoms with E-state index in [1.54, 1.807) is 0 Å². The fourth-order valence-corrected chi connectivity index (χ4v) is 3.76. The summed E-state index contributed by atoms with van der Waals surface area (Å²) >= 11 is 0. The van der Waals surface area contributed by atoms with Gasteiger partial charge in [-0.3, -0.25) is 4.90 Å². The second-order valence-electron chi connectivity index (χ2n) is 6.71. The first-order valence-electron chi connectivity index (χ1n) is 8.15. The van der Waals surface area contributed by atoms with Crippen molar-refractivity contribution in [1.29, 1.82) is 0 Å². The van der Waals surface area contributed by atoms with Crippen molar-refractivity contribution in [3.63, 3.8) is 0 Å². The number of ether oxygens (including phenoxy) is 1. The third-order valence-corrected chi connectivity index (χ3v) is 5.09. The summed E-state index contributed by atoms with van der Waals surface area (Å²) < 4.78 is 5.79. The molecule has 1 aliphatic carbocycles. The zero-order chi connectivity index (χ0) is 13.7. The predicted octanol–water partition coefficient (Wildman–Crippen LogP) is 2.82. The molecule has 0 aromatic carbocycles. The van der Waals surface area contributed by atoms with Crippen molar-refractivity contribution in [3.05, 3.63) is 0 Å². The first kappa shape index (κ1) is 15.3. The van der Waals surface area contributed by atoms with E-state index in [4.69, 9.17) is 4.74 Å². The van der Waals surface area contributed by atoms with Gasteiger partial charge in [0.25, 0.3) is 0 Å². The van der Waals surface area contributed by atoms with E-state index < -0.39 is 0 Å². The molecule has 0 amide bonds. The van der Waals surface area contributed by atoms with Crippen LogP contribution in [0.25, 0.3) is 0 Å². The molecular weight excluding hydrogens is 238 g/mol. The molecule has 2 unspecified atom stereocenters. The highest BCUT2D eigenvalue weighted by Gasteiger charge is 2.36. The quantitative estimate of drug-likeness (QED) is 0.797. The van der Waals surface area contributed by atoms with Crippen LogP contribution in [-0.4, -0.2) is 48.5 Å². The topological polar surface area (TPSA) is 32.7 Å². The highest BCUT2D eigenvalue weighted by molar-refractivity contribution is 4.88. The minimum atomic E-state index is 0.154. The van der Waals surface area contributed by atoms with E-state index in [2.05, 4.69) is 18.7 Å². The Balaban J connectivity index is 2.02. The van der Waals surface area contributed by atoms with E-state index in [1.807, 2.05) is 0 Å². The molecule has 0 aromatic rings. The van der Waals surface area contributed by atoms with E-state index >= 15 is 0 Å². The summed E-state index contributed by atoms with van der Waals surface area (Å²) in [5.41, 5.74) is 0.154. The Kier molecular flexibility index (Phi) is 5.67. The van der Waals surface area contributed by atoms with Gasteiger partial charge >= 0.3 is 0 Å². The fourth-order valence-electron chi connectivity index (χ4n) is 3.76. The second kappa shape index (κ2) is 7.05. The largest absolute Gasteiger partial charge is 0.396 e. The number of morpholine rings is 1. The van der Waals surface area contributed by atoms with Crippen LogP contribution in [0, 0.1) is 5.41 Å². The van der Waals surface area contributed by atoms with Gasteiger partial charge in [0.1, 0.15) is 0 Å². The SMILES string of the molecule is CCC1COC(C)CN1CC1(CO)CCCCCC1. The minimum absolute atomic E-state index is 0.154. The van der Waals surface area contributed by atoms with Gasteiger partial charge in [-0.05, 0) is 26.2 Å². The van der Waals surface area contributed by atoms with Crippen LogP contribution in [0.2, 0.25) is 0 Å². The van der Waals surface area contributed by atoms with Gasteiger partial charge in [-0.2, -0.15) is 0 Å². The summed E-state index contributed by atoms with van der Waals surface area (Å²) in [7, 11) is 0. The molecule has 2 atom stereocenters. The molecule has 3 nitrogen and oxygen atoms in total. The number of rotatable bonds is 4. The van der Waals surface area contributed by atoms with Crippen LogP contribution in [0.4, 0.5) is 0 Å². The molecule has 0 radical (unpaired) electrons. The molecule has 1 heterocycles. The molecule has 0 spiro atoms. The van der Waals surface area contributed by atoms with Crippen molar-refractivity contribution in [2.24, 2.45) is 5.41 Å². The monoisotopic (exact) mass is 269 g/mol. The number of hydrogen-bond donors (Lipinski definition) is 1. The van der Waals surface area contributed by atoms with Crippen LogP contribution in [0.3, 0.4) is 0 Å². The van der Waals surface area contributed by atoms with Gasteiger partial charge in [0, 0.05) is 31.2 Å². The Labute approximate surface area is 118 Å². The van der Waals surface area contributed by atoms with Crippen LogP contribution in [-0.2, 0) is 4.74 Å². The van der Waals surface area contributed by atoms with E-state index in [0.29, 0.717) is 18.8 Å². The molecule has 2 rings (SSSR count). The summed E-state index contributed by atoms with van der Waals surface area (Å²) in [6, 6.07) is 0.544. The third kappa shape index (κ3) is 3.93. The van der Waals surface area contributed by atoms with Gasteiger partial charge in [0.05, 0.1) is 12.7 Å². The lowest BCUT2D eigenvalue weighted by molar-refractivity contribution is -0.0769. The Bertz CT molecular complexity index is 261. The molecule has 1 saturated heterocycles. The predicted molar refractivity (Wildman–Crippen MR) is 78.3 cm³/mol. The molecule has 0 bridgehead atoms. The lowest BCUT2D eigenvalue weighted by Crippen LogP contribution is -2.53. The van der Waals surface area contributed by atoms with Crippen molar-refractivity contribution in [2.45, 2.75) is 70.9 Å². The molecule has 112 valence electrons. The third-order valence-electron chi connectivity index (χ3n) is 5.09. The molecule has 19 heavy (non-hydrogen) atoms. The Morgan fingerprint density at radius 3 is 2.47 bits per heavy atom. The highest BCUT2D eigenvalue weighted by atomic mass is 16.5. The van der Waals surface area contributed by atoms with Crippen LogP contribution in [0.1, 0.15) is 58.8 Å². The maximum atomic E-state index is 9.96. The van der Waals surface area contributed by atoms with Crippen molar-refractivity contribution in [1.82, 2.24) is 4.90 Å². The van der Waals surface area contributed by atoms with E-state index in [9.17, 15) is 5.11 Å². The van der Waals surface area contributed by atoms with E-state index in [1.165, 1.54) is 38.5 Å². The average molecular weight is 269 g/mol. The number of aliphatic hydroxyl groups is 1. The lowest BCUT2D eigenvalue weighted by atomic mass is 9.80. The molecular formula is C16H31NO2. The molecule has 1 saturated carbocycles. The maximum Gasteiger partial charge on any atom is 0.0674 e. The van der Waals surface area contributed by atoms with Gasteiger partial charge in [0.2, 0.25) is 0 Å². The van der Waals surface area contributed by atoms with Crippen LogP contribution >= 0.6 is 0 Å². The number of hydrogen-bond acceptors (Lipinski definition) is 3. The summed E-state index contributed by atoms with van der Waals surface area (Å²) in [5.74, 6) is 0. The number of nitrogens with zero attached hydrogens (tertiary/aromatic N) is 1. The first-order valence-corrected chi connectivity index (χ1v) is 8.15. The minimum Gasteiger partial charge on any atom is -0.396 e. The Hall–Kier alpha value is -0.120. The summed E-state index contributed by atoms with van der Waals surface area (Å²) in [5, 5.41) is 9.96. The van der Waals surface area contributed by atoms with Crippen molar-refractivity contribution >= 4 is 0 Å². The van der Waals surface area contributed by atoms with Gasteiger partial charge in [-0.1, -0.05) is 32.6 Å². The zero-order valence-corrected chi connectivity index (χ0v) is 12.7. The van der Waals surface area contributed by atoms with Crippen LogP contribution in [0.5, 0.6) is 0 Å². The van der Waals surface area contributed by atoms with Crippen molar-refractivity contribution in [3.8, 4) is 0 Å². The first-order chi connectivity index (χ1) is 9.19. The van der Waals surface area contributed by atoms with Crippen LogP contribution < -0.4 is 0 Å². The zero-order valence-electron chi connectivity index (χ0n) is 12.7. The normalized spacial score (nSPS) is 33.0. The van der Waals surface area contributed by atoms with Gasteiger partial charge < -0.3 is 9.84 Å². The summed E-state index contributed by atoms with van der Waals surface area (Å²) in [4.78, 5) is 2.59. The van der Waals surface area contributed by atoms with Gasteiger partial charge in [0.15, 0.2) is 0 Å². The molecule has 3 heteroatoms. The molecule has 1 aliphatic heterocycles. The summed E-state index contributed by atoms with van der Waals surface area (Å²) in [6.07, 6.45) is 9.15. The van der Waals surface area contributed by atoms with Crippen LogP contribution in [0.15, 0.2) is 0 Å². The fraction of sp³-hybridized carbons (Fsp3) is 1.00. The maximum absolute atomic E-state index is 9.96. The van der Waals surface area contributed by atoms with Gasteiger partial charge in [-0.25, -0.2) is 0 Å². The molecule has 1 N–H and O–H groups in total. The van der Waals surface area contributed by atoms with Crippen molar-refractivity contribution < 1.29 is 9.84 Å². The molecule has 0 aromatic heterocycles. The van der Waals surface area contributed by atoms with Gasteiger partial charge in [-0.15, -0.1) is 0 Å². The smallest absolute Gasteiger partial charge is 0.0674 e. The lowest BCUT2D eigenvalue weighted by Gasteiger charge is -2.44. The van der Waals surface area contributed by atoms with Crippen molar-refractivity contribution in [2.75, 3.05) is 26.3 Å². The van der Waals surface area contributed by atoms with E-state index in [0.717, 1.165) is 26.1 Å². The number of aliphatic hydroxyl groups excluding tert-OH is 1. The summed E-state index contributed by atoms with van der Waals surface area (Å²) in [6.45, 7) is 7.72. The molecule has 2 aliphatic rings. The highest BCUT2D eigenvalue weighted by Crippen LogP contribution is 2.36. The second-order valence-corrected chi connectivity index (χ2v) is 6.71. The van der Waals surface area contributed by atoms with E-state index in [-0.39, 0.29) is 5.41 Å². The standard InChI is InChI=1S/C16H31NO2/c1-3-15-11-19-14(2)10-17(15)12-16(13-18)8-6-4-5-7-9-16/h14-15,18H,3-13H2,1-2H3. The average Bonchev–Trinajstić information content (AvgIpc) is 2.65. The molecule has 2 fully saturated rings.